The number of hydrogen-bond acceptors (Lipinski definition) is 3. The maximum atomic E-state index is 10.9. The van der Waals surface area contributed by atoms with Gasteiger partial charge >= 0.3 is 5.97 Å². The van der Waals surface area contributed by atoms with Crippen molar-refractivity contribution >= 4 is 22.6 Å². The number of fused-ring (bicyclic) bond motifs is 1. The van der Waals surface area contributed by atoms with Gasteiger partial charge in [-0.3, -0.25) is 0 Å². The Balaban J connectivity index is 1.91. The van der Waals surface area contributed by atoms with Gasteiger partial charge in [-0.15, -0.1) is 0 Å². The summed E-state index contributed by atoms with van der Waals surface area (Å²) in [5.41, 5.74) is 2.48. The van der Waals surface area contributed by atoms with Crippen molar-refractivity contribution < 1.29 is 9.90 Å². The quantitative estimate of drug-likeness (QED) is 0.749. The second-order valence-electron chi connectivity index (χ2n) is 5.63. The van der Waals surface area contributed by atoms with E-state index in [1.54, 1.807) is 18.3 Å². The van der Waals surface area contributed by atoms with Crippen LogP contribution in [-0.4, -0.2) is 16.1 Å². The number of hydrogen-bond donors (Lipinski definition) is 2. The third kappa shape index (κ3) is 3.01. The molecule has 4 nitrogen and oxygen atoms in total. The molecule has 0 saturated carbocycles. The van der Waals surface area contributed by atoms with Crippen LogP contribution >= 0.6 is 0 Å². The van der Waals surface area contributed by atoms with Gasteiger partial charge in [0.25, 0.3) is 0 Å². The van der Waals surface area contributed by atoms with E-state index in [0.717, 1.165) is 22.2 Å². The molecule has 0 spiro atoms. The molecule has 0 amide bonds. The van der Waals surface area contributed by atoms with Gasteiger partial charge in [-0.05, 0) is 48.6 Å². The number of carbonyl (C=O) groups is 1. The van der Waals surface area contributed by atoms with Gasteiger partial charge in [0.1, 0.15) is 5.82 Å². The van der Waals surface area contributed by atoms with Crippen LogP contribution in [0.25, 0.3) is 10.8 Å². The van der Waals surface area contributed by atoms with E-state index in [1.807, 2.05) is 31.2 Å². The van der Waals surface area contributed by atoms with Crippen LogP contribution in [-0.2, 0) is 0 Å². The summed E-state index contributed by atoms with van der Waals surface area (Å²) >= 11 is 0. The van der Waals surface area contributed by atoms with Gasteiger partial charge in [0.05, 0.1) is 5.56 Å². The number of rotatable bonds is 4. The Labute approximate surface area is 134 Å². The SMILES string of the molecule is Cc1cccc2ccnc(N[C@@H](C)c3ccc(C(=O)O)cc3)c12. The normalized spacial score (nSPS) is 12.1. The molecule has 0 aliphatic heterocycles. The van der Waals surface area contributed by atoms with Crippen LogP contribution in [0.15, 0.2) is 54.7 Å². The molecule has 2 N–H and O–H groups in total. The first-order valence-corrected chi connectivity index (χ1v) is 7.50. The van der Waals surface area contributed by atoms with E-state index < -0.39 is 5.97 Å². The van der Waals surface area contributed by atoms with Crippen molar-refractivity contribution in [3.63, 3.8) is 0 Å². The smallest absolute Gasteiger partial charge is 0.335 e. The first-order chi connectivity index (χ1) is 11.1. The van der Waals surface area contributed by atoms with Gasteiger partial charge in [0, 0.05) is 17.6 Å². The maximum absolute atomic E-state index is 10.9. The number of aryl methyl sites for hydroxylation is 1. The standard InChI is InChI=1S/C19H18N2O2/c1-12-4-3-5-15-10-11-20-18(17(12)15)21-13(2)14-6-8-16(9-7-14)19(22)23/h3-11,13H,1-2H3,(H,20,21)(H,22,23)/t13-/m0/s1. The van der Waals surface area contributed by atoms with Gasteiger partial charge in [-0.25, -0.2) is 9.78 Å². The molecule has 0 saturated heterocycles. The lowest BCUT2D eigenvalue weighted by Gasteiger charge is -2.17. The Hall–Kier alpha value is -2.88. The van der Waals surface area contributed by atoms with Gasteiger partial charge in [-0.2, -0.15) is 0 Å². The topological polar surface area (TPSA) is 62.2 Å². The molecule has 1 heterocycles. The van der Waals surface area contributed by atoms with E-state index in [4.69, 9.17) is 5.11 Å². The van der Waals surface area contributed by atoms with Crippen molar-refractivity contribution in [2.45, 2.75) is 19.9 Å². The molecule has 116 valence electrons. The molecule has 0 unspecified atom stereocenters. The minimum absolute atomic E-state index is 0.0237. The number of aromatic carboxylic acids is 1. The molecule has 23 heavy (non-hydrogen) atoms. The molecule has 1 aromatic heterocycles. The summed E-state index contributed by atoms with van der Waals surface area (Å²) in [5, 5.41) is 14.7. The van der Waals surface area contributed by atoms with Gasteiger partial charge in [0.15, 0.2) is 0 Å². The van der Waals surface area contributed by atoms with Crippen LogP contribution in [0.2, 0.25) is 0 Å². The lowest BCUT2D eigenvalue weighted by molar-refractivity contribution is 0.0697. The minimum Gasteiger partial charge on any atom is -0.478 e. The summed E-state index contributed by atoms with van der Waals surface area (Å²) in [5.74, 6) is -0.0704. The fourth-order valence-electron chi connectivity index (χ4n) is 2.72. The number of anilines is 1. The highest BCUT2D eigenvalue weighted by molar-refractivity contribution is 5.94. The Morgan fingerprint density at radius 3 is 2.57 bits per heavy atom. The molecule has 0 radical (unpaired) electrons. The van der Waals surface area contributed by atoms with E-state index in [1.165, 1.54) is 5.56 Å². The molecule has 0 fully saturated rings. The van der Waals surface area contributed by atoms with Crippen molar-refractivity contribution in [3.05, 3.63) is 71.4 Å². The number of carboxylic acids is 1. The number of benzene rings is 2. The fourth-order valence-corrected chi connectivity index (χ4v) is 2.72. The Kier molecular flexibility index (Phi) is 3.98. The molecule has 2 aromatic carbocycles. The first-order valence-electron chi connectivity index (χ1n) is 7.50. The second-order valence-corrected chi connectivity index (χ2v) is 5.63. The van der Waals surface area contributed by atoms with Crippen molar-refractivity contribution in [1.29, 1.82) is 0 Å². The number of nitrogens with zero attached hydrogens (tertiary/aromatic N) is 1. The predicted molar refractivity (Wildman–Crippen MR) is 91.9 cm³/mol. The Bertz CT molecular complexity index is 852. The van der Waals surface area contributed by atoms with E-state index in [2.05, 4.69) is 29.4 Å². The van der Waals surface area contributed by atoms with Crippen LogP contribution in [0, 0.1) is 6.92 Å². The highest BCUT2D eigenvalue weighted by atomic mass is 16.4. The largest absolute Gasteiger partial charge is 0.478 e. The molecule has 4 heteroatoms. The van der Waals surface area contributed by atoms with Crippen LogP contribution in [0.1, 0.15) is 34.5 Å². The zero-order chi connectivity index (χ0) is 16.4. The van der Waals surface area contributed by atoms with E-state index in [9.17, 15) is 4.79 Å². The van der Waals surface area contributed by atoms with Gasteiger partial charge in [-0.1, -0.05) is 30.3 Å². The highest BCUT2D eigenvalue weighted by Crippen LogP contribution is 2.27. The van der Waals surface area contributed by atoms with Crippen molar-refractivity contribution in [2.24, 2.45) is 0 Å². The van der Waals surface area contributed by atoms with Gasteiger partial charge in [0.2, 0.25) is 0 Å². The van der Waals surface area contributed by atoms with Crippen LogP contribution in [0.3, 0.4) is 0 Å². The van der Waals surface area contributed by atoms with Crippen LogP contribution in [0.4, 0.5) is 5.82 Å². The number of carboxylic acid groups (broad SMARTS) is 1. The summed E-state index contributed by atoms with van der Waals surface area (Å²) in [7, 11) is 0. The lowest BCUT2D eigenvalue weighted by Crippen LogP contribution is -2.09. The average Bonchev–Trinajstić information content (AvgIpc) is 2.55. The van der Waals surface area contributed by atoms with Crippen molar-refractivity contribution in [1.82, 2.24) is 4.98 Å². The maximum Gasteiger partial charge on any atom is 0.335 e. The number of aromatic nitrogens is 1. The van der Waals surface area contributed by atoms with Gasteiger partial charge < -0.3 is 10.4 Å². The molecule has 0 aliphatic rings. The minimum atomic E-state index is -0.913. The first kappa shape index (κ1) is 15.0. The van der Waals surface area contributed by atoms with E-state index in [0.29, 0.717) is 5.56 Å². The summed E-state index contributed by atoms with van der Waals surface area (Å²) in [4.78, 5) is 15.4. The van der Waals surface area contributed by atoms with Crippen LogP contribution in [0.5, 0.6) is 0 Å². The predicted octanol–water partition coefficient (Wildman–Crippen LogP) is 4.41. The van der Waals surface area contributed by atoms with Crippen molar-refractivity contribution in [2.75, 3.05) is 5.32 Å². The second kappa shape index (κ2) is 6.08. The fraction of sp³-hybridized carbons (Fsp3) is 0.158. The monoisotopic (exact) mass is 306 g/mol. The lowest BCUT2D eigenvalue weighted by atomic mass is 10.0. The molecular weight excluding hydrogens is 288 g/mol. The van der Waals surface area contributed by atoms with E-state index in [-0.39, 0.29) is 6.04 Å². The zero-order valence-electron chi connectivity index (χ0n) is 13.1. The van der Waals surface area contributed by atoms with Crippen LogP contribution < -0.4 is 5.32 Å². The Morgan fingerprint density at radius 2 is 1.87 bits per heavy atom. The zero-order valence-corrected chi connectivity index (χ0v) is 13.1. The highest BCUT2D eigenvalue weighted by Gasteiger charge is 2.11. The number of pyridine rings is 1. The molecule has 0 aliphatic carbocycles. The summed E-state index contributed by atoms with van der Waals surface area (Å²) in [6.45, 7) is 4.11. The van der Waals surface area contributed by atoms with Crippen molar-refractivity contribution in [3.8, 4) is 0 Å². The Morgan fingerprint density at radius 1 is 1.13 bits per heavy atom. The molecular formula is C19H18N2O2. The molecule has 3 rings (SSSR count). The summed E-state index contributed by atoms with van der Waals surface area (Å²) < 4.78 is 0. The third-order valence-corrected chi connectivity index (χ3v) is 4.01. The average molecular weight is 306 g/mol. The molecule has 3 aromatic rings. The number of nitrogens with one attached hydrogen (secondary N) is 1. The molecule has 0 bridgehead atoms. The summed E-state index contributed by atoms with van der Waals surface area (Å²) in [6, 6.07) is 15.1. The third-order valence-electron chi connectivity index (χ3n) is 4.01. The molecule has 1 atom stereocenters. The van der Waals surface area contributed by atoms with E-state index >= 15 is 0 Å². The summed E-state index contributed by atoms with van der Waals surface area (Å²) in [6.07, 6.45) is 1.80.